The van der Waals surface area contributed by atoms with Crippen LogP contribution in [0.2, 0.25) is 0 Å². The predicted molar refractivity (Wildman–Crippen MR) is 107 cm³/mol. The Kier molecular flexibility index (Phi) is 6.41. The third-order valence-corrected chi connectivity index (χ3v) is 5.65. The van der Waals surface area contributed by atoms with E-state index in [-0.39, 0.29) is 18.1 Å². The third kappa shape index (κ3) is 4.07. The Morgan fingerprint density at radius 2 is 1.79 bits per heavy atom. The van der Waals surface area contributed by atoms with E-state index in [1.54, 1.807) is 19.1 Å². The Labute approximate surface area is 166 Å². The average molecular weight is 400 g/mol. The van der Waals surface area contributed by atoms with E-state index >= 15 is 0 Å². The first-order chi connectivity index (χ1) is 13.6. The van der Waals surface area contributed by atoms with E-state index in [1.165, 1.54) is 6.07 Å². The van der Waals surface area contributed by atoms with Crippen molar-refractivity contribution < 1.29 is 23.5 Å². The molecule has 1 atom stereocenters. The van der Waals surface area contributed by atoms with Crippen molar-refractivity contribution in [3.63, 3.8) is 0 Å². The van der Waals surface area contributed by atoms with Gasteiger partial charge in [-0.25, -0.2) is 9.18 Å². The first kappa shape index (κ1) is 20.0. The number of carbonyl (C=O) groups is 2. The highest BCUT2D eigenvalue weighted by atomic mass is 32.1. The maximum atomic E-state index is 14.4. The normalized spacial score (nSPS) is 12.0. The minimum atomic E-state index is -0.538. The molecular weight excluding hydrogens is 379 g/mol. The fourth-order valence-corrected chi connectivity index (χ4v) is 4.25. The van der Waals surface area contributed by atoms with Gasteiger partial charge in [0.05, 0.1) is 12.5 Å². The summed E-state index contributed by atoms with van der Waals surface area (Å²) >= 11 is 1.14. The molecule has 0 N–H and O–H groups in total. The largest absolute Gasteiger partial charge is 0.462 e. The van der Waals surface area contributed by atoms with E-state index in [9.17, 15) is 14.0 Å². The number of carbonyl (C=O) groups excluding carboxylic acids is 2. The molecule has 2 aromatic carbocycles. The molecule has 0 bridgehead atoms. The Morgan fingerprint density at radius 1 is 1.04 bits per heavy atom. The lowest BCUT2D eigenvalue weighted by atomic mass is 9.97. The van der Waals surface area contributed by atoms with Crippen molar-refractivity contribution in [1.29, 1.82) is 0 Å². The second-order valence-corrected chi connectivity index (χ2v) is 7.27. The van der Waals surface area contributed by atoms with Crippen LogP contribution in [-0.2, 0) is 20.9 Å². The van der Waals surface area contributed by atoms with Crippen LogP contribution in [0.25, 0.3) is 10.1 Å². The molecule has 3 aromatic rings. The summed E-state index contributed by atoms with van der Waals surface area (Å²) in [6.45, 7) is 3.64. The van der Waals surface area contributed by atoms with E-state index in [1.807, 2.05) is 37.3 Å². The minimum absolute atomic E-state index is 0.183. The molecule has 0 spiro atoms. The molecule has 4 nitrogen and oxygen atoms in total. The fraction of sp³-hybridized carbons (Fsp3) is 0.273. The summed E-state index contributed by atoms with van der Waals surface area (Å²) < 4.78 is 25.7. The van der Waals surface area contributed by atoms with E-state index in [0.29, 0.717) is 22.1 Å². The van der Waals surface area contributed by atoms with Gasteiger partial charge in [0.15, 0.2) is 0 Å². The maximum Gasteiger partial charge on any atom is 0.348 e. The van der Waals surface area contributed by atoms with Gasteiger partial charge < -0.3 is 9.47 Å². The highest BCUT2D eigenvalue weighted by molar-refractivity contribution is 7.21. The van der Waals surface area contributed by atoms with Gasteiger partial charge in [-0.1, -0.05) is 43.3 Å². The van der Waals surface area contributed by atoms with Crippen molar-refractivity contribution >= 4 is 33.4 Å². The van der Waals surface area contributed by atoms with E-state index in [4.69, 9.17) is 9.47 Å². The zero-order valence-corrected chi connectivity index (χ0v) is 16.6. The van der Waals surface area contributed by atoms with Gasteiger partial charge in [0.25, 0.3) is 0 Å². The van der Waals surface area contributed by atoms with Gasteiger partial charge in [-0.15, -0.1) is 11.3 Å². The number of hydrogen-bond donors (Lipinski definition) is 0. The molecule has 0 radical (unpaired) electrons. The summed E-state index contributed by atoms with van der Waals surface area (Å²) in [5.74, 6) is -1.81. The average Bonchev–Trinajstić information content (AvgIpc) is 3.08. The molecular formula is C22H21FO4S. The van der Waals surface area contributed by atoms with Crippen molar-refractivity contribution in [3.05, 3.63) is 70.4 Å². The number of thiophene rings is 1. The summed E-state index contributed by atoms with van der Waals surface area (Å²) in [5.41, 5.74) is 1.22. The van der Waals surface area contributed by atoms with E-state index in [0.717, 1.165) is 16.9 Å². The van der Waals surface area contributed by atoms with Crippen LogP contribution < -0.4 is 0 Å². The minimum Gasteiger partial charge on any atom is -0.462 e. The van der Waals surface area contributed by atoms with Gasteiger partial charge in [-0.3, -0.25) is 4.79 Å². The smallest absolute Gasteiger partial charge is 0.348 e. The highest BCUT2D eigenvalue weighted by Crippen LogP contribution is 2.35. The lowest BCUT2D eigenvalue weighted by Crippen LogP contribution is -2.16. The number of hydrogen-bond acceptors (Lipinski definition) is 5. The van der Waals surface area contributed by atoms with Gasteiger partial charge in [0, 0.05) is 15.6 Å². The van der Waals surface area contributed by atoms with Gasteiger partial charge in [-0.05, 0) is 31.0 Å². The first-order valence-corrected chi connectivity index (χ1v) is 9.97. The van der Waals surface area contributed by atoms with E-state index in [2.05, 4.69) is 0 Å². The lowest BCUT2D eigenvalue weighted by molar-refractivity contribution is -0.146. The van der Waals surface area contributed by atoms with Crippen LogP contribution in [0.4, 0.5) is 4.39 Å². The number of fused-ring (bicyclic) bond motifs is 1. The van der Waals surface area contributed by atoms with Gasteiger partial charge in [0.1, 0.15) is 17.3 Å². The Hall–Kier alpha value is -2.73. The van der Waals surface area contributed by atoms with E-state index < -0.39 is 23.7 Å². The zero-order valence-electron chi connectivity index (χ0n) is 15.7. The molecule has 3 rings (SSSR count). The molecule has 146 valence electrons. The molecule has 0 aliphatic carbocycles. The predicted octanol–water partition coefficient (Wildman–Crippen LogP) is 5.45. The Balaban J connectivity index is 1.89. The molecule has 6 heteroatoms. The van der Waals surface area contributed by atoms with Crippen LogP contribution in [0, 0.1) is 5.82 Å². The quantitative estimate of drug-likeness (QED) is 0.495. The highest BCUT2D eigenvalue weighted by Gasteiger charge is 2.25. The molecule has 0 aliphatic rings. The van der Waals surface area contributed by atoms with Crippen LogP contribution in [0.5, 0.6) is 0 Å². The third-order valence-electron chi connectivity index (χ3n) is 4.48. The standard InChI is InChI=1S/C22H21FO4S/c1-3-15(14-9-6-5-7-10-14)21(24)27-13-16-19-17(23)11-8-12-18(19)28-20(16)22(25)26-4-2/h5-12,15H,3-4,13H2,1-2H3/t15-/m0/s1. The number of ether oxygens (including phenoxy) is 2. The molecule has 0 aliphatic heterocycles. The SMILES string of the molecule is CCOC(=O)c1sc2cccc(F)c2c1COC(=O)[C@@H](CC)c1ccccc1. The molecule has 28 heavy (non-hydrogen) atoms. The van der Waals surface area contributed by atoms with Crippen LogP contribution in [-0.4, -0.2) is 18.5 Å². The summed E-state index contributed by atoms with van der Waals surface area (Å²) in [4.78, 5) is 25.3. The second kappa shape index (κ2) is 8.97. The van der Waals surface area contributed by atoms with Gasteiger partial charge in [-0.2, -0.15) is 0 Å². The second-order valence-electron chi connectivity index (χ2n) is 6.22. The number of esters is 2. The number of rotatable bonds is 7. The Bertz CT molecular complexity index is 981. The summed E-state index contributed by atoms with van der Waals surface area (Å²) in [6.07, 6.45) is 0.576. The molecule has 0 fully saturated rings. The summed E-state index contributed by atoms with van der Waals surface area (Å²) in [7, 11) is 0. The molecule has 0 unspecified atom stereocenters. The summed E-state index contributed by atoms with van der Waals surface area (Å²) in [5, 5.41) is 0.302. The topological polar surface area (TPSA) is 52.6 Å². The van der Waals surface area contributed by atoms with Crippen molar-refractivity contribution in [2.45, 2.75) is 32.8 Å². The molecule has 0 saturated heterocycles. The first-order valence-electron chi connectivity index (χ1n) is 9.15. The number of benzene rings is 2. The van der Waals surface area contributed by atoms with Crippen molar-refractivity contribution in [3.8, 4) is 0 Å². The molecule has 0 amide bonds. The maximum absolute atomic E-state index is 14.4. The van der Waals surface area contributed by atoms with Crippen LogP contribution in [0.3, 0.4) is 0 Å². The van der Waals surface area contributed by atoms with Crippen LogP contribution in [0.15, 0.2) is 48.5 Å². The molecule has 1 heterocycles. The molecule has 1 aromatic heterocycles. The lowest BCUT2D eigenvalue weighted by Gasteiger charge is -2.15. The monoisotopic (exact) mass is 400 g/mol. The summed E-state index contributed by atoms with van der Waals surface area (Å²) in [6, 6.07) is 14.0. The van der Waals surface area contributed by atoms with Crippen LogP contribution >= 0.6 is 11.3 Å². The van der Waals surface area contributed by atoms with Crippen molar-refractivity contribution in [1.82, 2.24) is 0 Å². The van der Waals surface area contributed by atoms with Crippen molar-refractivity contribution in [2.24, 2.45) is 0 Å². The fourth-order valence-electron chi connectivity index (χ4n) is 3.13. The molecule has 0 saturated carbocycles. The van der Waals surface area contributed by atoms with Gasteiger partial charge >= 0.3 is 11.9 Å². The zero-order chi connectivity index (χ0) is 20.1. The van der Waals surface area contributed by atoms with Crippen molar-refractivity contribution in [2.75, 3.05) is 6.61 Å². The number of halogens is 1. The Morgan fingerprint density at radius 3 is 2.46 bits per heavy atom. The van der Waals surface area contributed by atoms with Gasteiger partial charge in [0.2, 0.25) is 0 Å². The van der Waals surface area contributed by atoms with Crippen LogP contribution in [0.1, 0.15) is 47.0 Å².